The summed E-state index contributed by atoms with van der Waals surface area (Å²) >= 11 is 0. The molecule has 2 unspecified atom stereocenters. The smallest absolute Gasteiger partial charge is 0.312 e. The van der Waals surface area contributed by atoms with E-state index < -0.39 is 47.5 Å². The maximum absolute atomic E-state index is 13.5. The van der Waals surface area contributed by atoms with E-state index in [4.69, 9.17) is 14.2 Å². The molecule has 1 spiro atoms. The van der Waals surface area contributed by atoms with Crippen LogP contribution in [0.2, 0.25) is 0 Å². The van der Waals surface area contributed by atoms with Gasteiger partial charge in [-0.05, 0) is 51.0 Å². The van der Waals surface area contributed by atoms with Gasteiger partial charge in [-0.25, -0.2) is 0 Å². The quantitative estimate of drug-likeness (QED) is 0.617. The highest BCUT2D eigenvalue weighted by molar-refractivity contribution is 6.03. The zero-order valence-corrected chi connectivity index (χ0v) is 17.9. The summed E-state index contributed by atoms with van der Waals surface area (Å²) < 4.78 is 16.6. The lowest BCUT2D eigenvalue weighted by Crippen LogP contribution is -2.55. The van der Waals surface area contributed by atoms with Gasteiger partial charge in [-0.3, -0.25) is 14.4 Å². The summed E-state index contributed by atoms with van der Waals surface area (Å²) in [5, 5.41) is 12.6. The SMILES string of the molecule is CCOC(=O)[C@@H]1[C@@H]2CCC3(O2)C(C(=O)Nc2ccc(OC)cc2)N([C@H](C)CO)C(=O)[C@H]13. The Morgan fingerprint density at radius 2 is 2.06 bits per heavy atom. The van der Waals surface area contributed by atoms with Crippen molar-refractivity contribution < 1.29 is 33.7 Å². The van der Waals surface area contributed by atoms with Gasteiger partial charge in [-0.1, -0.05) is 0 Å². The Labute approximate surface area is 180 Å². The lowest BCUT2D eigenvalue weighted by Gasteiger charge is -2.35. The Kier molecular flexibility index (Phi) is 5.65. The van der Waals surface area contributed by atoms with Crippen molar-refractivity contribution >= 4 is 23.5 Å². The summed E-state index contributed by atoms with van der Waals surface area (Å²) in [6.45, 7) is 3.28. The first-order valence-corrected chi connectivity index (χ1v) is 10.6. The van der Waals surface area contributed by atoms with Crippen LogP contribution in [0.4, 0.5) is 5.69 Å². The second kappa shape index (κ2) is 8.12. The molecule has 6 atom stereocenters. The summed E-state index contributed by atoms with van der Waals surface area (Å²) in [6.07, 6.45) is 0.608. The molecule has 3 fully saturated rings. The third-order valence-corrected chi connectivity index (χ3v) is 6.64. The van der Waals surface area contributed by atoms with E-state index in [0.717, 1.165) is 0 Å². The maximum atomic E-state index is 13.5. The van der Waals surface area contributed by atoms with Crippen molar-refractivity contribution in [3.05, 3.63) is 24.3 Å². The van der Waals surface area contributed by atoms with Gasteiger partial charge in [-0.2, -0.15) is 0 Å². The normalized spacial score (nSPS) is 32.0. The molecule has 3 heterocycles. The van der Waals surface area contributed by atoms with Crippen LogP contribution in [0.15, 0.2) is 24.3 Å². The van der Waals surface area contributed by atoms with Crippen molar-refractivity contribution in [1.82, 2.24) is 4.90 Å². The molecule has 168 valence electrons. The fourth-order valence-electron chi connectivity index (χ4n) is 5.34. The van der Waals surface area contributed by atoms with Gasteiger partial charge in [0, 0.05) is 5.69 Å². The highest BCUT2D eigenvalue weighted by Gasteiger charge is 2.75. The number of carbonyl (C=O) groups is 3. The molecule has 3 aliphatic heterocycles. The van der Waals surface area contributed by atoms with Gasteiger partial charge in [-0.15, -0.1) is 0 Å². The lowest BCUT2D eigenvalue weighted by molar-refractivity contribution is -0.155. The van der Waals surface area contributed by atoms with E-state index >= 15 is 0 Å². The number of amides is 2. The molecule has 3 saturated heterocycles. The summed E-state index contributed by atoms with van der Waals surface area (Å²) in [5.74, 6) is -2.12. The van der Waals surface area contributed by atoms with Crippen LogP contribution >= 0.6 is 0 Å². The number of aliphatic hydroxyl groups excluding tert-OH is 1. The Morgan fingerprint density at radius 1 is 1.35 bits per heavy atom. The molecule has 31 heavy (non-hydrogen) atoms. The van der Waals surface area contributed by atoms with Gasteiger partial charge < -0.3 is 29.5 Å². The fraction of sp³-hybridized carbons (Fsp3) is 0.591. The first kappa shape index (κ1) is 21.6. The summed E-state index contributed by atoms with van der Waals surface area (Å²) in [4.78, 5) is 41.0. The zero-order valence-electron chi connectivity index (χ0n) is 17.9. The van der Waals surface area contributed by atoms with Gasteiger partial charge in [0.1, 0.15) is 17.4 Å². The van der Waals surface area contributed by atoms with Crippen LogP contribution in [0, 0.1) is 11.8 Å². The van der Waals surface area contributed by atoms with Crippen molar-refractivity contribution in [2.24, 2.45) is 11.8 Å². The van der Waals surface area contributed by atoms with Crippen LogP contribution in [-0.4, -0.2) is 71.9 Å². The molecular formula is C22H28N2O7. The van der Waals surface area contributed by atoms with Gasteiger partial charge in [0.2, 0.25) is 11.8 Å². The summed E-state index contributed by atoms with van der Waals surface area (Å²) in [5.41, 5.74) is -0.566. The van der Waals surface area contributed by atoms with E-state index in [9.17, 15) is 19.5 Å². The first-order valence-electron chi connectivity index (χ1n) is 10.6. The fourth-order valence-corrected chi connectivity index (χ4v) is 5.34. The van der Waals surface area contributed by atoms with E-state index in [1.54, 1.807) is 45.2 Å². The number of ether oxygens (including phenoxy) is 3. The number of benzene rings is 1. The average molecular weight is 432 g/mol. The number of esters is 1. The molecule has 2 bridgehead atoms. The highest BCUT2D eigenvalue weighted by atomic mass is 16.6. The third kappa shape index (κ3) is 3.27. The number of nitrogens with one attached hydrogen (secondary N) is 1. The molecule has 0 aliphatic carbocycles. The number of rotatable bonds is 7. The number of carbonyl (C=O) groups excluding carboxylic acids is 3. The van der Waals surface area contributed by atoms with Crippen molar-refractivity contribution in [3.8, 4) is 5.75 Å². The van der Waals surface area contributed by atoms with E-state index in [-0.39, 0.29) is 19.1 Å². The number of nitrogens with zero attached hydrogens (tertiary/aromatic N) is 1. The molecule has 0 radical (unpaired) electrons. The van der Waals surface area contributed by atoms with Crippen LogP contribution in [0.3, 0.4) is 0 Å². The van der Waals surface area contributed by atoms with Gasteiger partial charge in [0.05, 0.1) is 44.3 Å². The highest BCUT2D eigenvalue weighted by Crippen LogP contribution is 2.59. The van der Waals surface area contributed by atoms with Crippen LogP contribution < -0.4 is 10.1 Å². The second-order valence-corrected chi connectivity index (χ2v) is 8.30. The molecule has 0 aromatic heterocycles. The van der Waals surface area contributed by atoms with Crippen LogP contribution in [0.25, 0.3) is 0 Å². The first-order chi connectivity index (χ1) is 14.9. The predicted octanol–water partition coefficient (Wildman–Crippen LogP) is 0.952. The van der Waals surface area contributed by atoms with Crippen LogP contribution in [0.5, 0.6) is 5.75 Å². The number of hydrogen-bond acceptors (Lipinski definition) is 7. The van der Waals surface area contributed by atoms with Gasteiger partial charge in [0.15, 0.2) is 0 Å². The Balaban J connectivity index is 1.68. The molecule has 2 N–H and O–H groups in total. The lowest BCUT2D eigenvalue weighted by atomic mass is 9.71. The van der Waals surface area contributed by atoms with Crippen molar-refractivity contribution in [2.45, 2.75) is 50.5 Å². The average Bonchev–Trinajstić information content (AvgIpc) is 3.41. The minimum Gasteiger partial charge on any atom is -0.497 e. The molecule has 1 aromatic rings. The standard InChI is InChI=1S/C22H28N2O7/c1-4-30-21(28)16-15-9-10-22(31-15)17(16)20(27)24(12(2)11-25)18(22)19(26)23-13-5-7-14(29-3)8-6-13/h5-8,12,15-18,25H,4,9-11H2,1-3H3,(H,23,26)/t12-,15+,16-,17+,18?,22?/m1/s1. The molecule has 1 aromatic carbocycles. The predicted molar refractivity (Wildman–Crippen MR) is 109 cm³/mol. The molecule has 0 saturated carbocycles. The summed E-state index contributed by atoms with van der Waals surface area (Å²) in [7, 11) is 1.55. The second-order valence-electron chi connectivity index (χ2n) is 8.30. The molecule has 2 amide bonds. The van der Waals surface area contributed by atoms with E-state index in [0.29, 0.717) is 24.3 Å². The Morgan fingerprint density at radius 3 is 2.68 bits per heavy atom. The van der Waals surface area contributed by atoms with Gasteiger partial charge in [0.25, 0.3) is 0 Å². The number of likely N-dealkylation sites (tertiary alicyclic amines) is 1. The maximum Gasteiger partial charge on any atom is 0.312 e. The van der Waals surface area contributed by atoms with E-state index in [2.05, 4.69) is 5.32 Å². The molecule has 3 aliphatic rings. The molecular weight excluding hydrogens is 404 g/mol. The van der Waals surface area contributed by atoms with Crippen molar-refractivity contribution in [1.29, 1.82) is 0 Å². The molecule has 9 nitrogen and oxygen atoms in total. The van der Waals surface area contributed by atoms with Crippen LogP contribution in [-0.2, 0) is 23.9 Å². The molecule has 9 heteroatoms. The van der Waals surface area contributed by atoms with Crippen LogP contribution in [0.1, 0.15) is 26.7 Å². The van der Waals surface area contributed by atoms with Gasteiger partial charge >= 0.3 is 5.97 Å². The molecule has 4 rings (SSSR count). The number of hydrogen-bond donors (Lipinski definition) is 2. The minimum atomic E-state index is -1.11. The number of aliphatic hydroxyl groups is 1. The van der Waals surface area contributed by atoms with E-state index in [1.807, 2.05) is 0 Å². The van der Waals surface area contributed by atoms with Crippen molar-refractivity contribution in [2.75, 3.05) is 25.6 Å². The largest absolute Gasteiger partial charge is 0.497 e. The van der Waals surface area contributed by atoms with E-state index in [1.165, 1.54) is 4.90 Å². The third-order valence-electron chi connectivity index (χ3n) is 6.64. The zero-order chi connectivity index (χ0) is 22.3. The monoisotopic (exact) mass is 432 g/mol. The Bertz CT molecular complexity index is 873. The topological polar surface area (TPSA) is 114 Å². The number of fused-ring (bicyclic) bond motifs is 1. The number of anilines is 1. The minimum absolute atomic E-state index is 0.202. The summed E-state index contributed by atoms with van der Waals surface area (Å²) in [6, 6.07) is 5.29. The van der Waals surface area contributed by atoms with Crippen molar-refractivity contribution in [3.63, 3.8) is 0 Å². The number of methoxy groups -OCH3 is 1. The Hall–Kier alpha value is -2.65.